The Kier molecular flexibility index (Phi) is 6.87. The van der Waals surface area contributed by atoms with Gasteiger partial charge in [-0.05, 0) is 42.8 Å². The number of ether oxygens (including phenoxy) is 1. The van der Waals surface area contributed by atoms with Crippen LogP contribution in [0.2, 0.25) is 10.0 Å². The van der Waals surface area contributed by atoms with E-state index in [0.29, 0.717) is 47.7 Å². The van der Waals surface area contributed by atoms with Crippen LogP contribution in [-0.4, -0.2) is 49.5 Å². The van der Waals surface area contributed by atoms with E-state index < -0.39 is 0 Å². The maximum Gasteiger partial charge on any atom is 0.262 e. The minimum absolute atomic E-state index is 0.0620. The number of rotatable bonds is 5. The number of halogens is 2. The Labute approximate surface area is 180 Å². The van der Waals surface area contributed by atoms with Crippen molar-refractivity contribution >= 4 is 46.4 Å². The van der Waals surface area contributed by atoms with Gasteiger partial charge in [0.25, 0.3) is 5.91 Å². The van der Waals surface area contributed by atoms with Crippen LogP contribution in [0, 0.1) is 6.92 Å². The molecular weight excluding hydrogens is 413 g/mol. The fourth-order valence-corrected chi connectivity index (χ4v) is 3.81. The van der Waals surface area contributed by atoms with E-state index in [0.717, 1.165) is 11.3 Å². The van der Waals surface area contributed by atoms with Gasteiger partial charge in [-0.1, -0.05) is 29.3 Å². The van der Waals surface area contributed by atoms with Crippen LogP contribution >= 0.6 is 23.2 Å². The fraction of sp³-hybridized carbons (Fsp3) is 0.333. The smallest absolute Gasteiger partial charge is 0.262 e. The van der Waals surface area contributed by atoms with E-state index in [-0.39, 0.29) is 18.4 Å². The van der Waals surface area contributed by atoms with Crippen molar-refractivity contribution in [3.63, 3.8) is 0 Å². The molecule has 1 aliphatic heterocycles. The van der Waals surface area contributed by atoms with E-state index in [4.69, 9.17) is 27.9 Å². The number of amides is 2. The molecule has 154 valence electrons. The van der Waals surface area contributed by atoms with Gasteiger partial charge in [-0.3, -0.25) is 9.59 Å². The first-order chi connectivity index (χ1) is 13.8. The van der Waals surface area contributed by atoms with Crippen molar-refractivity contribution in [1.82, 2.24) is 4.90 Å². The Morgan fingerprint density at radius 3 is 2.48 bits per heavy atom. The number of piperazine rings is 1. The molecule has 0 radical (unpaired) electrons. The molecule has 1 heterocycles. The number of hydrogen-bond acceptors (Lipinski definition) is 4. The molecule has 0 bridgehead atoms. The predicted octanol–water partition coefficient (Wildman–Crippen LogP) is 3.99. The van der Waals surface area contributed by atoms with Gasteiger partial charge in [0.2, 0.25) is 5.91 Å². The van der Waals surface area contributed by atoms with Gasteiger partial charge >= 0.3 is 0 Å². The topological polar surface area (TPSA) is 61.9 Å². The predicted molar refractivity (Wildman–Crippen MR) is 116 cm³/mol. The maximum absolute atomic E-state index is 12.5. The molecule has 1 N–H and O–H groups in total. The molecule has 3 rings (SSSR count). The quantitative estimate of drug-likeness (QED) is 0.770. The largest absolute Gasteiger partial charge is 0.483 e. The summed E-state index contributed by atoms with van der Waals surface area (Å²) in [5, 5.41) is 4.05. The summed E-state index contributed by atoms with van der Waals surface area (Å²) in [6.07, 6.45) is 0. The van der Waals surface area contributed by atoms with Crippen LogP contribution in [0.3, 0.4) is 0 Å². The van der Waals surface area contributed by atoms with Gasteiger partial charge < -0.3 is 19.9 Å². The van der Waals surface area contributed by atoms with E-state index in [1.807, 2.05) is 13.0 Å². The number of aryl methyl sites for hydroxylation is 1. The zero-order valence-corrected chi connectivity index (χ0v) is 17.9. The van der Waals surface area contributed by atoms with Crippen LogP contribution < -0.4 is 15.0 Å². The van der Waals surface area contributed by atoms with E-state index in [9.17, 15) is 9.59 Å². The van der Waals surface area contributed by atoms with Crippen LogP contribution in [0.15, 0.2) is 36.4 Å². The summed E-state index contributed by atoms with van der Waals surface area (Å²) in [7, 11) is 0. The fourth-order valence-electron chi connectivity index (χ4n) is 3.29. The zero-order valence-electron chi connectivity index (χ0n) is 16.4. The molecule has 1 saturated heterocycles. The molecule has 8 heteroatoms. The summed E-state index contributed by atoms with van der Waals surface area (Å²) in [5.41, 5.74) is 2.24. The van der Waals surface area contributed by atoms with E-state index >= 15 is 0 Å². The Bertz CT molecular complexity index is 912. The summed E-state index contributed by atoms with van der Waals surface area (Å²) in [6, 6.07) is 10.6. The lowest BCUT2D eigenvalue weighted by Gasteiger charge is -2.36. The van der Waals surface area contributed by atoms with Crippen molar-refractivity contribution in [3.05, 3.63) is 52.0 Å². The number of anilines is 2. The first-order valence-electron chi connectivity index (χ1n) is 9.33. The van der Waals surface area contributed by atoms with Gasteiger partial charge in [0.15, 0.2) is 6.61 Å². The second kappa shape index (κ2) is 9.37. The molecule has 0 saturated carbocycles. The average molecular weight is 436 g/mol. The first-order valence-corrected chi connectivity index (χ1v) is 10.1. The van der Waals surface area contributed by atoms with Crippen molar-refractivity contribution in [3.8, 4) is 5.75 Å². The standard InChI is InChI=1S/C21H23Cl2N3O3/c1-14-12-16(22)6-7-19(14)29-13-20(28)24-18-5-3-4-17(23)21(18)26-10-8-25(9-11-26)15(2)27/h3-7,12H,8-11,13H2,1-2H3,(H,24,28). The maximum atomic E-state index is 12.5. The molecule has 0 unspecified atom stereocenters. The Morgan fingerprint density at radius 2 is 1.83 bits per heavy atom. The highest BCUT2D eigenvalue weighted by molar-refractivity contribution is 6.34. The lowest BCUT2D eigenvalue weighted by Crippen LogP contribution is -2.48. The summed E-state index contributed by atoms with van der Waals surface area (Å²) in [6.45, 7) is 5.83. The number of nitrogens with zero attached hydrogens (tertiary/aromatic N) is 2. The molecule has 0 aliphatic carbocycles. The van der Waals surface area contributed by atoms with Gasteiger partial charge in [0, 0.05) is 38.1 Å². The van der Waals surface area contributed by atoms with Crippen molar-refractivity contribution < 1.29 is 14.3 Å². The molecule has 6 nitrogen and oxygen atoms in total. The number of carbonyl (C=O) groups excluding carboxylic acids is 2. The number of nitrogens with one attached hydrogen (secondary N) is 1. The van der Waals surface area contributed by atoms with Crippen LogP contribution in [0.25, 0.3) is 0 Å². The molecule has 2 aromatic carbocycles. The van der Waals surface area contributed by atoms with Gasteiger partial charge in [-0.15, -0.1) is 0 Å². The Hall–Kier alpha value is -2.44. The summed E-state index contributed by atoms with van der Waals surface area (Å²) in [4.78, 5) is 27.9. The van der Waals surface area contributed by atoms with E-state index in [2.05, 4.69) is 10.2 Å². The molecule has 2 aromatic rings. The van der Waals surface area contributed by atoms with E-state index in [1.165, 1.54) is 0 Å². The van der Waals surface area contributed by atoms with Crippen LogP contribution in [0.5, 0.6) is 5.75 Å². The highest BCUT2D eigenvalue weighted by Crippen LogP contribution is 2.34. The van der Waals surface area contributed by atoms with Crippen molar-refractivity contribution in [1.29, 1.82) is 0 Å². The summed E-state index contributed by atoms with van der Waals surface area (Å²) >= 11 is 12.4. The summed E-state index contributed by atoms with van der Waals surface area (Å²) in [5.74, 6) is 0.383. The Balaban J connectivity index is 1.67. The molecule has 0 spiro atoms. The van der Waals surface area contributed by atoms with Gasteiger partial charge in [0.05, 0.1) is 16.4 Å². The highest BCUT2D eigenvalue weighted by atomic mass is 35.5. The zero-order chi connectivity index (χ0) is 21.0. The van der Waals surface area contributed by atoms with E-state index in [1.54, 1.807) is 42.2 Å². The minimum atomic E-state index is -0.287. The third-order valence-corrected chi connectivity index (χ3v) is 5.34. The number of para-hydroxylation sites is 1. The lowest BCUT2D eigenvalue weighted by molar-refractivity contribution is -0.129. The monoisotopic (exact) mass is 435 g/mol. The first kappa shape index (κ1) is 21.3. The van der Waals surface area contributed by atoms with Crippen molar-refractivity contribution in [2.24, 2.45) is 0 Å². The number of hydrogen-bond donors (Lipinski definition) is 1. The lowest BCUT2D eigenvalue weighted by atomic mass is 10.2. The summed E-state index contributed by atoms with van der Waals surface area (Å²) < 4.78 is 5.62. The second-order valence-corrected chi connectivity index (χ2v) is 7.72. The third kappa shape index (κ3) is 5.34. The molecule has 1 aliphatic rings. The van der Waals surface area contributed by atoms with Gasteiger partial charge in [-0.2, -0.15) is 0 Å². The van der Waals surface area contributed by atoms with Crippen molar-refractivity contribution in [2.45, 2.75) is 13.8 Å². The Morgan fingerprint density at radius 1 is 1.10 bits per heavy atom. The van der Waals surface area contributed by atoms with Crippen LogP contribution in [-0.2, 0) is 9.59 Å². The SMILES string of the molecule is CC(=O)N1CCN(c2c(Cl)cccc2NC(=O)COc2ccc(Cl)cc2C)CC1. The van der Waals surface area contributed by atoms with Gasteiger partial charge in [0.1, 0.15) is 5.75 Å². The molecule has 29 heavy (non-hydrogen) atoms. The third-order valence-electron chi connectivity index (χ3n) is 4.80. The highest BCUT2D eigenvalue weighted by Gasteiger charge is 2.23. The number of benzene rings is 2. The number of carbonyl (C=O) groups is 2. The second-order valence-electron chi connectivity index (χ2n) is 6.88. The molecular formula is C21H23Cl2N3O3. The van der Waals surface area contributed by atoms with Crippen LogP contribution in [0.4, 0.5) is 11.4 Å². The molecule has 1 fully saturated rings. The minimum Gasteiger partial charge on any atom is -0.483 e. The molecule has 0 aromatic heterocycles. The average Bonchev–Trinajstić information content (AvgIpc) is 2.67. The van der Waals surface area contributed by atoms with Crippen molar-refractivity contribution in [2.75, 3.05) is 43.0 Å². The molecule has 0 atom stereocenters. The van der Waals surface area contributed by atoms with Gasteiger partial charge in [-0.25, -0.2) is 0 Å². The van der Waals surface area contributed by atoms with Crippen LogP contribution in [0.1, 0.15) is 12.5 Å². The molecule has 2 amide bonds. The normalized spacial score (nSPS) is 13.9.